The molecule has 1 amide bonds. The number of piperazine rings is 1. The Morgan fingerprint density at radius 2 is 1.88 bits per heavy atom. The van der Waals surface area contributed by atoms with Crippen LogP contribution in [-0.4, -0.2) is 136 Å². The maximum absolute atomic E-state index is 13.4. The number of nitrogens with zero attached hydrogens (tertiary/aromatic N) is 2. The molecule has 13 nitrogen and oxygen atoms in total. The van der Waals surface area contributed by atoms with Crippen LogP contribution in [0, 0.1) is 11.8 Å². The standard InChI is InChI=1S/C38H62N2O11.CH4/c1-8-29(42)27(4)35-30(49-35)24-37(5,47)16-9-11-25(2)34-26(3)13-14-31(38(6,48-7)17-15-28(41)23-33(45)51-34)50-36(46)40-21-19-39(20-22-40)18-10-12-32(43)44;/h9,11,13-14,16,26-31,34-35,41-42,47H,8,10,12,15,17-24H2,1-7H3,(H,43,44);1H4/b14-13+,16-9+,25-11+;/t26-,27+,28+,29-,30+,31-,34+,35+,37-,38+;/m0./s1. The number of rotatable bonds is 14. The van der Waals surface area contributed by atoms with Crippen molar-refractivity contribution in [1.82, 2.24) is 9.80 Å². The molecule has 0 radical (unpaired) electrons. The van der Waals surface area contributed by atoms with Crippen LogP contribution in [-0.2, 0) is 28.5 Å². The molecule has 3 heterocycles. The number of carbonyl (C=O) groups excluding carboxylic acids is 2. The Morgan fingerprint density at radius 3 is 2.50 bits per heavy atom. The number of allylic oxidation sites excluding steroid dienone is 2. The zero-order valence-corrected chi connectivity index (χ0v) is 31.5. The van der Waals surface area contributed by atoms with Gasteiger partial charge in [0, 0.05) is 58.0 Å². The molecule has 52 heavy (non-hydrogen) atoms. The number of carbonyl (C=O) groups is 3. The predicted molar refractivity (Wildman–Crippen MR) is 198 cm³/mol. The highest BCUT2D eigenvalue weighted by Gasteiger charge is 2.47. The van der Waals surface area contributed by atoms with Gasteiger partial charge in [0.1, 0.15) is 11.7 Å². The molecule has 298 valence electrons. The Bertz CT molecular complexity index is 1240. The monoisotopic (exact) mass is 738 g/mol. The van der Waals surface area contributed by atoms with E-state index in [0.717, 1.165) is 0 Å². The van der Waals surface area contributed by atoms with E-state index in [1.807, 2.05) is 40.7 Å². The molecule has 0 aromatic heterocycles. The van der Waals surface area contributed by atoms with Gasteiger partial charge in [0.2, 0.25) is 0 Å². The molecule has 0 aliphatic carbocycles. The van der Waals surface area contributed by atoms with Crippen molar-refractivity contribution in [3.05, 3.63) is 36.0 Å². The summed E-state index contributed by atoms with van der Waals surface area (Å²) < 4.78 is 23.6. The highest BCUT2D eigenvalue weighted by molar-refractivity contribution is 5.70. The van der Waals surface area contributed by atoms with Gasteiger partial charge in [-0.2, -0.15) is 0 Å². The summed E-state index contributed by atoms with van der Waals surface area (Å²) in [5.41, 5.74) is -1.45. The molecule has 0 aromatic carbocycles. The van der Waals surface area contributed by atoms with Gasteiger partial charge in [-0.25, -0.2) is 4.79 Å². The van der Waals surface area contributed by atoms with E-state index in [-0.39, 0.29) is 50.7 Å². The lowest BCUT2D eigenvalue weighted by Gasteiger charge is -2.38. The van der Waals surface area contributed by atoms with Gasteiger partial charge in [-0.1, -0.05) is 52.5 Å². The first-order valence-electron chi connectivity index (χ1n) is 18.4. The molecule has 0 aromatic rings. The van der Waals surface area contributed by atoms with E-state index in [0.29, 0.717) is 64.0 Å². The summed E-state index contributed by atoms with van der Waals surface area (Å²) >= 11 is 0. The fraction of sp³-hybridized carbons (Fsp3) is 0.769. The number of cyclic esters (lactones) is 1. The molecular formula is C39H66N2O11. The van der Waals surface area contributed by atoms with E-state index in [1.54, 1.807) is 36.1 Å². The maximum atomic E-state index is 13.4. The van der Waals surface area contributed by atoms with E-state index in [4.69, 9.17) is 24.1 Å². The van der Waals surface area contributed by atoms with E-state index in [9.17, 15) is 29.7 Å². The quantitative estimate of drug-likeness (QED) is 0.0852. The van der Waals surface area contributed by atoms with Crippen LogP contribution >= 0.6 is 0 Å². The second kappa shape index (κ2) is 20.6. The molecule has 3 aliphatic heterocycles. The number of aliphatic carboxylic acids is 1. The van der Waals surface area contributed by atoms with Gasteiger partial charge in [-0.05, 0) is 64.6 Å². The number of hydrogen-bond donors (Lipinski definition) is 4. The number of carboxylic acids is 1. The number of methoxy groups -OCH3 is 1. The van der Waals surface area contributed by atoms with Crippen molar-refractivity contribution in [2.45, 2.75) is 142 Å². The van der Waals surface area contributed by atoms with Crippen molar-refractivity contribution in [3.63, 3.8) is 0 Å². The number of ether oxygens (including phenoxy) is 4. The number of carboxylic acid groups (broad SMARTS) is 1. The van der Waals surface area contributed by atoms with Gasteiger partial charge >= 0.3 is 18.0 Å². The largest absolute Gasteiger partial charge is 0.481 e. The van der Waals surface area contributed by atoms with Gasteiger partial charge in [-0.3, -0.25) is 14.5 Å². The molecule has 13 heteroatoms. The minimum absolute atomic E-state index is 0. The van der Waals surface area contributed by atoms with Crippen LogP contribution in [0.2, 0.25) is 0 Å². The van der Waals surface area contributed by atoms with Crippen LogP contribution in [0.25, 0.3) is 0 Å². The Morgan fingerprint density at radius 1 is 1.21 bits per heavy atom. The first kappa shape index (κ1) is 45.3. The summed E-state index contributed by atoms with van der Waals surface area (Å²) in [5.74, 6) is -1.74. The van der Waals surface area contributed by atoms with Crippen LogP contribution < -0.4 is 0 Å². The SMILES string of the molecule is C.CC[C@H](O)[C@@H](C)[C@H]1O[C@@H]1C[C@@](C)(O)/C=C/C=C(\C)[C@H]1OC(=O)C[C@H](O)CC[C@@](C)(OC)[C@@H](OC(=O)N2CCN(CCCC(=O)O)CC2)/C=C/[C@@H]1C. The zero-order chi connectivity index (χ0) is 37.9. The third-order valence-electron chi connectivity index (χ3n) is 10.5. The predicted octanol–water partition coefficient (Wildman–Crippen LogP) is 4.48. The van der Waals surface area contributed by atoms with Crippen molar-refractivity contribution >= 4 is 18.0 Å². The number of aliphatic hydroxyl groups is 3. The van der Waals surface area contributed by atoms with Gasteiger partial charge in [0.15, 0.2) is 6.10 Å². The number of amides is 1. The molecule has 0 spiro atoms. The normalized spacial score (nSPS) is 32.3. The highest BCUT2D eigenvalue weighted by atomic mass is 16.6. The molecule has 4 N–H and O–H groups in total. The van der Waals surface area contributed by atoms with Gasteiger partial charge in [0.05, 0.1) is 36.4 Å². The smallest absolute Gasteiger partial charge is 0.410 e. The molecule has 3 aliphatic rings. The molecule has 10 atom stereocenters. The summed E-state index contributed by atoms with van der Waals surface area (Å²) in [7, 11) is 1.53. The Kier molecular flexibility index (Phi) is 18.0. The molecular weight excluding hydrogens is 672 g/mol. The molecule has 0 saturated carbocycles. The van der Waals surface area contributed by atoms with Crippen LogP contribution in [0.5, 0.6) is 0 Å². The van der Waals surface area contributed by atoms with E-state index >= 15 is 0 Å². The third kappa shape index (κ3) is 13.9. The second-order valence-electron chi connectivity index (χ2n) is 15.0. The second-order valence-corrected chi connectivity index (χ2v) is 15.0. The minimum Gasteiger partial charge on any atom is -0.481 e. The van der Waals surface area contributed by atoms with E-state index in [2.05, 4.69) is 4.90 Å². The number of esters is 1. The average Bonchev–Trinajstić information content (AvgIpc) is 3.84. The summed E-state index contributed by atoms with van der Waals surface area (Å²) in [6.07, 6.45) is 7.08. The van der Waals surface area contributed by atoms with Gasteiger partial charge in [-0.15, -0.1) is 0 Å². The number of aliphatic hydroxyl groups excluding tert-OH is 2. The topological polar surface area (TPSA) is 179 Å². The number of epoxide rings is 1. The van der Waals surface area contributed by atoms with Crippen molar-refractivity contribution < 1.29 is 53.8 Å². The fourth-order valence-electron chi connectivity index (χ4n) is 6.80. The summed E-state index contributed by atoms with van der Waals surface area (Å²) in [4.78, 5) is 41.0. The van der Waals surface area contributed by atoms with Crippen molar-refractivity contribution in [3.8, 4) is 0 Å². The molecule has 2 saturated heterocycles. The molecule has 2 fully saturated rings. The summed E-state index contributed by atoms with van der Waals surface area (Å²) in [6, 6.07) is 0. The van der Waals surface area contributed by atoms with Crippen LogP contribution in [0.4, 0.5) is 4.79 Å². The first-order chi connectivity index (χ1) is 24.0. The van der Waals surface area contributed by atoms with Crippen LogP contribution in [0.15, 0.2) is 36.0 Å². The third-order valence-corrected chi connectivity index (χ3v) is 10.5. The average molecular weight is 739 g/mol. The Labute approximate surface area is 310 Å². The molecule has 0 unspecified atom stereocenters. The van der Waals surface area contributed by atoms with Gasteiger partial charge < -0.3 is 44.3 Å². The van der Waals surface area contributed by atoms with Crippen LogP contribution in [0.3, 0.4) is 0 Å². The lowest BCUT2D eigenvalue weighted by molar-refractivity contribution is -0.151. The lowest BCUT2D eigenvalue weighted by Crippen LogP contribution is -2.51. The van der Waals surface area contributed by atoms with Gasteiger partial charge in [0.25, 0.3) is 0 Å². The van der Waals surface area contributed by atoms with E-state index < -0.39 is 53.6 Å². The number of hydrogen-bond acceptors (Lipinski definition) is 11. The Balaban J connectivity index is 0.00000936. The molecule has 0 bridgehead atoms. The maximum Gasteiger partial charge on any atom is 0.410 e. The summed E-state index contributed by atoms with van der Waals surface area (Å²) in [6.45, 7) is 13.9. The van der Waals surface area contributed by atoms with Crippen molar-refractivity contribution in [2.24, 2.45) is 11.8 Å². The first-order valence-corrected chi connectivity index (χ1v) is 18.4. The van der Waals surface area contributed by atoms with Crippen molar-refractivity contribution in [1.29, 1.82) is 0 Å². The highest BCUT2D eigenvalue weighted by Crippen LogP contribution is 2.37. The lowest BCUT2D eigenvalue weighted by atomic mass is 9.88. The fourth-order valence-corrected chi connectivity index (χ4v) is 6.80. The van der Waals surface area contributed by atoms with Crippen LogP contribution in [0.1, 0.15) is 93.9 Å². The zero-order valence-electron chi connectivity index (χ0n) is 31.5. The Hall–Kier alpha value is -2.81. The minimum atomic E-state index is -1.17. The summed E-state index contributed by atoms with van der Waals surface area (Å²) in [5, 5.41) is 40.9. The van der Waals surface area contributed by atoms with Crippen molar-refractivity contribution in [2.75, 3.05) is 39.8 Å². The van der Waals surface area contributed by atoms with E-state index in [1.165, 1.54) is 7.11 Å². The molecule has 3 rings (SSSR count).